The predicted molar refractivity (Wildman–Crippen MR) is 92.2 cm³/mol. The number of aromatic nitrogens is 2. The van der Waals surface area contributed by atoms with E-state index in [0.29, 0.717) is 16.0 Å². The maximum atomic E-state index is 6.37. The van der Waals surface area contributed by atoms with E-state index in [2.05, 4.69) is 25.9 Å². The lowest BCUT2D eigenvalue weighted by Gasteiger charge is -2.10. The topological polar surface area (TPSA) is 25.8 Å². The fraction of sp³-hybridized carbons (Fsp3) is 0.125. The molecule has 5 heteroatoms. The van der Waals surface area contributed by atoms with Crippen molar-refractivity contribution in [3.63, 3.8) is 0 Å². The standard InChI is InChI=1S/C16H11BrCl2N2/c1-8-3-5-10(18)7-11(8)16-20-14-9(2)4-6-12(17)13(14)15(19)21-16/h3-7H,1-2H3. The Morgan fingerprint density at radius 3 is 2.43 bits per heavy atom. The van der Waals surface area contributed by atoms with Crippen LogP contribution in [0, 0.1) is 13.8 Å². The average molecular weight is 382 g/mol. The molecule has 0 saturated heterocycles. The van der Waals surface area contributed by atoms with Crippen LogP contribution in [-0.4, -0.2) is 9.97 Å². The Labute approximate surface area is 141 Å². The summed E-state index contributed by atoms with van der Waals surface area (Å²) >= 11 is 16.0. The molecule has 1 aromatic heterocycles. The van der Waals surface area contributed by atoms with E-state index in [1.54, 1.807) is 0 Å². The van der Waals surface area contributed by atoms with Crippen molar-refractivity contribution in [1.82, 2.24) is 9.97 Å². The lowest BCUT2D eigenvalue weighted by atomic mass is 10.1. The summed E-state index contributed by atoms with van der Waals surface area (Å²) in [6, 6.07) is 9.63. The molecule has 0 fully saturated rings. The summed E-state index contributed by atoms with van der Waals surface area (Å²) in [7, 11) is 0. The van der Waals surface area contributed by atoms with Crippen molar-refractivity contribution in [2.75, 3.05) is 0 Å². The highest BCUT2D eigenvalue weighted by Gasteiger charge is 2.14. The van der Waals surface area contributed by atoms with E-state index in [4.69, 9.17) is 23.2 Å². The molecule has 0 spiro atoms. The normalized spacial score (nSPS) is 11.1. The van der Waals surface area contributed by atoms with E-state index in [9.17, 15) is 0 Å². The number of fused-ring (bicyclic) bond motifs is 1. The molecular formula is C16H11BrCl2N2. The van der Waals surface area contributed by atoms with Crippen molar-refractivity contribution in [3.8, 4) is 11.4 Å². The first-order chi connectivity index (χ1) is 9.97. The van der Waals surface area contributed by atoms with Crippen LogP contribution in [0.15, 0.2) is 34.8 Å². The van der Waals surface area contributed by atoms with Crippen molar-refractivity contribution in [2.45, 2.75) is 13.8 Å². The molecule has 0 N–H and O–H groups in total. The summed E-state index contributed by atoms with van der Waals surface area (Å²) in [5.41, 5.74) is 3.85. The van der Waals surface area contributed by atoms with Gasteiger partial charge in [-0.3, -0.25) is 0 Å². The zero-order chi connectivity index (χ0) is 15.1. The van der Waals surface area contributed by atoms with Gasteiger partial charge in [0.05, 0.1) is 10.9 Å². The summed E-state index contributed by atoms with van der Waals surface area (Å²) in [4.78, 5) is 9.13. The third-order valence-electron chi connectivity index (χ3n) is 3.40. The maximum absolute atomic E-state index is 6.37. The highest BCUT2D eigenvalue weighted by molar-refractivity contribution is 9.10. The smallest absolute Gasteiger partial charge is 0.161 e. The summed E-state index contributed by atoms with van der Waals surface area (Å²) in [6.07, 6.45) is 0. The Morgan fingerprint density at radius 1 is 0.952 bits per heavy atom. The third kappa shape index (κ3) is 2.66. The van der Waals surface area contributed by atoms with Gasteiger partial charge in [0.25, 0.3) is 0 Å². The Bertz CT molecular complexity index is 863. The van der Waals surface area contributed by atoms with Crippen LogP contribution in [-0.2, 0) is 0 Å². The van der Waals surface area contributed by atoms with E-state index < -0.39 is 0 Å². The van der Waals surface area contributed by atoms with E-state index in [1.165, 1.54) is 0 Å². The van der Waals surface area contributed by atoms with Gasteiger partial charge in [-0.1, -0.05) is 35.3 Å². The molecule has 0 aliphatic heterocycles. The zero-order valence-electron chi connectivity index (χ0n) is 11.4. The number of halogens is 3. The first kappa shape index (κ1) is 14.8. The molecule has 0 radical (unpaired) electrons. The average Bonchev–Trinajstić information content (AvgIpc) is 2.45. The van der Waals surface area contributed by atoms with Crippen LogP contribution in [0.5, 0.6) is 0 Å². The van der Waals surface area contributed by atoms with Gasteiger partial charge in [0, 0.05) is 15.1 Å². The molecule has 2 nitrogen and oxygen atoms in total. The fourth-order valence-electron chi connectivity index (χ4n) is 2.25. The molecule has 106 valence electrons. The number of aryl methyl sites for hydroxylation is 2. The second-order valence-electron chi connectivity index (χ2n) is 4.89. The Balaban J connectivity index is 2.35. The number of benzene rings is 2. The maximum Gasteiger partial charge on any atom is 0.161 e. The SMILES string of the molecule is Cc1ccc(Cl)cc1-c1nc(Cl)c2c(Br)ccc(C)c2n1. The van der Waals surface area contributed by atoms with Crippen LogP contribution in [0.1, 0.15) is 11.1 Å². The van der Waals surface area contributed by atoms with Gasteiger partial charge < -0.3 is 0 Å². The molecule has 2 aromatic carbocycles. The molecule has 1 heterocycles. The molecule has 3 rings (SSSR count). The van der Waals surface area contributed by atoms with Crippen LogP contribution >= 0.6 is 39.1 Å². The van der Waals surface area contributed by atoms with Crippen LogP contribution in [0.4, 0.5) is 0 Å². The van der Waals surface area contributed by atoms with Crippen LogP contribution in [0.2, 0.25) is 10.2 Å². The van der Waals surface area contributed by atoms with E-state index in [-0.39, 0.29) is 0 Å². The highest BCUT2D eigenvalue weighted by Crippen LogP contribution is 2.33. The third-order valence-corrected chi connectivity index (χ3v) is 4.57. The molecule has 21 heavy (non-hydrogen) atoms. The van der Waals surface area contributed by atoms with Crippen LogP contribution < -0.4 is 0 Å². The van der Waals surface area contributed by atoms with Gasteiger partial charge in [-0.05, 0) is 59.1 Å². The Morgan fingerprint density at radius 2 is 1.67 bits per heavy atom. The molecule has 0 aliphatic rings. The van der Waals surface area contributed by atoms with Crippen molar-refractivity contribution in [2.24, 2.45) is 0 Å². The lowest BCUT2D eigenvalue weighted by Crippen LogP contribution is -1.96. The second kappa shape index (κ2) is 5.56. The van der Waals surface area contributed by atoms with Crippen LogP contribution in [0.3, 0.4) is 0 Å². The summed E-state index contributed by atoms with van der Waals surface area (Å²) in [5.74, 6) is 0.591. The molecule has 0 amide bonds. The Hall–Kier alpha value is -1.16. The molecule has 0 aliphatic carbocycles. The monoisotopic (exact) mass is 380 g/mol. The van der Waals surface area contributed by atoms with Crippen molar-refractivity contribution >= 4 is 50.0 Å². The van der Waals surface area contributed by atoms with Crippen LogP contribution in [0.25, 0.3) is 22.3 Å². The first-order valence-electron chi connectivity index (χ1n) is 6.36. The number of nitrogens with zero attached hydrogens (tertiary/aromatic N) is 2. The molecule has 0 bridgehead atoms. The molecular weight excluding hydrogens is 371 g/mol. The number of hydrogen-bond acceptors (Lipinski definition) is 2. The minimum atomic E-state index is 0.435. The van der Waals surface area contributed by atoms with E-state index in [0.717, 1.165) is 32.1 Å². The zero-order valence-corrected chi connectivity index (χ0v) is 14.5. The van der Waals surface area contributed by atoms with Gasteiger partial charge in [0.1, 0.15) is 5.15 Å². The quantitative estimate of drug-likeness (QED) is 0.484. The highest BCUT2D eigenvalue weighted by atomic mass is 79.9. The van der Waals surface area contributed by atoms with Crippen molar-refractivity contribution in [1.29, 1.82) is 0 Å². The fourth-order valence-corrected chi connectivity index (χ4v) is 3.31. The second-order valence-corrected chi connectivity index (χ2v) is 6.53. The van der Waals surface area contributed by atoms with Crippen molar-refractivity contribution in [3.05, 3.63) is 56.1 Å². The van der Waals surface area contributed by atoms with Gasteiger partial charge in [-0.15, -0.1) is 0 Å². The predicted octanol–water partition coefficient (Wildman–Crippen LogP) is 5.98. The van der Waals surface area contributed by atoms with Crippen molar-refractivity contribution < 1.29 is 0 Å². The Kier molecular flexibility index (Phi) is 3.91. The van der Waals surface area contributed by atoms with E-state index >= 15 is 0 Å². The summed E-state index contributed by atoms with van der Waals surface area (Å²) < 4.78 is 0.891. The largest absolute Gasteiger partial charge is 0.228 e. The van der Waals surface area contributed by atoms with Gasteiger partial charge in [0.15, 0.2) is 5.82 Å². The molecule has 0 unspecified atom stereocenters. The van der Waals surface area contributed by atoms with E-state index in [1.807, 2.05) is 44.2 Å². The summed E-state index contributed by atoms with van der Waals surface area (Å²) in [5, 5.41) is 1.92. The number of hydrogen-bond donors (Lipinski definition) is 0. The molecule has 0 atom stereocenters. The van der Waals surface area contributed by atoms with Gasteiger partial charge in [0.2, 0.25) is 0 Å². The molecule has 0 saturated carbocycles. The van der Waals surface area contributed by atoms with Gasteiger partial charge in [-0.25, -0.2) is 9.97 Å². The number of rotatable bonds is 1. The molecule has 3 aromatic rings. The lowest BCUT2D eigenvalue weighted by molar-refractivity contribution is 1.20. The minimum Gasteiger partial charge on any atom is -0.228 e. The summed E-state index contributed by atoms with van der Waals surface area (Å²) in [6.45, 7) is 4.01. The van der Waals surface area contributed by atoms with Gasteiger partial charge in [-0.2, -0.15) is 0 Å². The first-order valence-corrected chi connectivity index (χ1v) is 7.91. The van der Waals surface area contributed by atoms with Gasteiger partial charge >= 0.3 is 0 Å². The minimum absolute atomic E-state index is 0.435.